The summed E-state index contributed by atoms with van der Waals surface area (Å²) in [6.07, 6.45) is -2.21. The third-order valence-corrected chi connectivity index (χ3v) is 6.55. The van der Waals surface area contributed by atoms with E-state index in [9.17, 15) is 13.2 Å². The number of aryl methyl sites for hydroxylation is 1. The molecule has 1 saturated carbocycles. The molecular formula is C25H19F4N5O. The molecule has 1 aliphatic heterocycles. The van der Waals surface area contributed by atoms with Gasteiger partial charge in [0.25, 0.3) is 12.2 Å². The molecule has 6 rings (SSSR count). The highest BCUT2D eigenvalue weighted by molar-refractivity contribution is 5.85. The van der Waals surface area contributed by atoms with E-state index in [0.29, 0.717) is 54.1 Å². The van der Waals surface area contributed by atoms with Gasteiger partial charge in [-0.3, -0.25) is 4.40 Å². The first-order chi connectivity index (χ1) is 16.9. The standard InChI is InChI=1S/C25H19F4N5O/c1-13-32-33-24-31-21(19-17(34(13)24)6-5-15(26)20(19)27)18-8-12-30-16-4-2-3-14(22(16)35-18)7-9-25(10-11-25)23(28)29/h2-6,18,23,30H,8,10-12H2,1H3. The van der Waals surface area contributed by atoms with Gasteiger partial charge in [-0.15, -0.1) is 10.2 Å². The van der Waals surface area contributed by atoms with E-state index >= 15 is 4.39 Å². The van der Waals surface area contributed by atoms with E-state index in [2.05, 4.69) is 32.3 Å². The minimum absolute atomic E-state index is 0.0213. The number of ether oxygens (including phenoxy) is 1. The van der Waals surface area contributed by atoms with Gasteiger partial charge in [-0.25, -0.2) is 22.5 Å². The number of nitrogens with one attached hydrogen (secondary N) is 1. The van der Waals surface area contributed by atoms with E-state index < -0.39 is 29.6 Å². The Hall–Kier alpha value is -3.87. The van der Waals surface area contributed by atoms with Crippen LogP contribution < -0.4 is 10.1 Å². The van der Waals surface area contributed by atoms with Gasteiger partial charge in [0, 0.05) is 13.0 Å². The van der Waals surface area contributed by atoms with Crippen LogP contribution in [0.4, 0.5) is 23.2 Å². The minimum atomic E-state index is -2.52. The molecule has 3 heterocycles. The van der Waals surface area contributed by atoms with Crippen molar-refractivity contribution in [2.45, 2.75) is 38.7 Å². The maximum absolute atomic E-state index is 15.2. The van der Waals surface area contributed by atoms with Gasteiger partial charge in [-0.2, -0.15) is 0 Å². The third kappa shape index (κ3) is 3.45. The molecule has 6 nitrogen and oxygen atoms in total. The molecule has 0 amide bonds. The molecule has 2 aromatic carbocycles. The van der Waals surface area contributed by atoms with Gasteiger partial charge in [0.05, 0.1) is 33.3 Å². The van der Waals surface area contributed by atoms with E-state index in [0.717, 1.165) is 6.07 Å². The second kappa shape index (κ2) is 7.83. The van der Waals surface area contributed by atoms with Crippen LogP contribution in [0.5, 0.6) is 5.75 Å². The van der Waals surface area contributed by atoms with Crippen molar-refractivity contribution in [2.75, 3.05) is 11.9 Å². The lowest BCUT2D eigenvalue weighted by molar-refractivity contribution is 0.0921. The zero-order chi connectivity index (χ0) is 24.3. The first kappa shape index (κ1) is 21.6. The van der Waals surface area contributed by atoms with Crippen LogP contribution in [0.15, 0.2) is 30.3 Å². The van der Waals surface area contributed by atoms with Gasteiger partial charge in [-0.1, -0.05) is 17.9 Å². The number of alkyl halides is 2. The normalized spacial score (nSPS) is 18.4. The number of fused-ring (bicyclic) bond motifs is 4. The molecule has 0 saturated heterocycles. The quantitative estimate of drug-likeness (QED) is 0.315. The average molecular weight is 481 g/mol. The SMILES string of the molecule is Cc1nnc2nc(C3CCNc4cccc(C#CC5(C(F)F)CC5)c4O3)c3c(F)c(F)ccc3n12. The van der Waals surface area contributed by atoms with E-state index in [4.69, 9.17) is 4.74 Å². The molecular weight excluding hydrogens is 462 g/mol. The maximum Gasteiger partial charge on any atom is 0.255 e. The van der Waals surface area contributed by atoms with Crippen LogP contribution in [0, 0.1) is 35.8 Å². The van der Waals surface area contributed by atoms with Gasteiger partial charge in [-0.05, 0) is 44.0 Å². The molecule has 1 N–H and O–H groups in total. The molecule has 1 aliphatic carbocycles. The van der Waals surface area contributed by atoms with Crippen molar-refractivity contribution in [3.05, 3.63) is 59.0 Å². The lowest BCUT2D eigenvalue weighted by Gasteiger charge is -2.20. The van der Waals surface area contributed by atoms with E-state index in [-0.39, 0.29) is 16.9 Å². The zero-order valence-electron chi connectivity index (χ0n) is 18.6. The fraction of sp³-hybridized carbons (Fsp3) is 0.320. The molecule has 0 bridgehead atoms. The van der Waals surface area contributed by atoms with Gasteiger partial charge in [0.15, 0.2) is 17.4 Å². The van der Waals surface area contributed by atoms with E-state index in [1.54, 1.807) is 29.5 Å². The molecule has 1 atom stereocenters. The fourth-order valence-electron chi connectivity index (χ4n) is 4.43. The minimum Gasteiger partial charge on any atom is -0.481 e. The summed E-state index contributed by atoms with van der Waals surface area (Å²) in [6, 6.07) is 7.75. The lowest BCUT2D eigenvalue weighted by atomic mass is 10.1. The fourth-order valence-corrected chi connectivity index (χ4v) is 4.43. The zero-order valence-corrected chi connectivity index (χ0v) is 18.6. The number of hydrogen-bond donors (Lipinski definition) is 1. The van der Waals surface area contributed by atoms with Crippen molar-refractivity contribution >= 4 is 22.4 Å². The monoisotopic (exact) mass is 481 g/mol. The Morgan fingerprint density at radius 3 is 2.77 bits per heavy atom. The molecule has 1 fully saturated rings. The van der Waals surface area contributed by atoms with Crippen LogP contribution in [0.3, 0.4) is 0 Å². The number of rotatable bonds is 2. The highest BCUT2D eigenvalue weighted by atomic mass is 19.3. The number of halogens is 4. The summed E-state index contributed by atoms with van der Waals surface area (Å²) in [5.74, 6) is 4.63. The van der Waals surface area contributed by atoms with Crippen molar-refractivity contribution in [3.63, 3.8) is 0 Å². The second-order valence-electron chi connectivity index (χ2n) is 8.85. The number of anilines is 1. The van der Waals surface area contributed by atoms with Crippen molar-refractivity contribution in [1.29, 1.82) is 0 Å². The van der Waals surface area contributed by atoms with Gasteiger partial charge in [0.1, 0.15) is 11.9 Å². The molecule has 10 heteroatoms. The highest BCUT2D eigenvalue weighted by Gasteiger charge is 2.50. The number of benzene rings is 2. The van der Waals surface area contributed by atoms with Crippen molar-refractivity contribution in [1.82, 2.24) is 19.6 Å². The molecule has 0 radical (unpaired) electrons. The van der Waals surface area contributed by atoms with Crippen LogP contribution >= 0.6 is 0 Å². The predicted molar refractivity (Wildman–Crippen MR) is 120 cm³/mol. The Balaban J connectivity index is 1.50. The smallest absolute Gasteiger partial charge is 0.255 e. The van der Waals surface area contributed by atoms with Crippen molar-refractivity contribution in [2.24, 2.45) is 5.41 Å². The van der Waals surface area contributed by atoms with Crippen LogP contribution in [0.25, 0.3) is 16.7 Å². The number of nitrogens with zero attached hydrogens (tertiary/aromatic N) is 4. The van der Waals surface area contributed by atoms with Gasteiger partial charge >= 0.3 is 0 Å². The van der Waals surface area contributed by atoms with Crippen LogP contribution in [0.2, 0.25) is 0 Å². The Labute approximate surface area is 197 Å². The molecule has 2 aromatic heterocycles. The third-order valence-electron chi connectivity index (χ3n) is 6.55. The predicted octanol–water partition coefficient (Wildman–Crippen LogP) is 5.20. The summed E-state index contributed by atoms with van der Waals surface area (Å²) < 4.78 is 64.1. The second-order valence-corrected chi connectivity index (χ2v) is 8.85. The first-order valence-electron chi connectivity index (χ1n) is 11.2. The molecule has 1 unspecified atom stereocenters. The first-order valence-corrected chi connectivity index (χ1v) is 11.2. The summed E-state index contributed by atoms with van der Waals surface area (Å²) in [7, 11) is 0. The highest BCUT2D eigenvalue weighted by Crippen LogP contribution is 2.50. The molecule has 35 heavy (non-hydrogen) atoms. The Kier molecular flexibility index (Phi) is 4.85. The summed E-state index contributed by atoms with van der Waals surface area (Å²) in [5.41, 5.74) is 0.351. The Morgan fingerprint density at radius 2 is 2.00 bits per heavy atom. The summed E-state index contributed by atoms with van der Waals surface area (Å²) >= 11 is 0. The van der Waals surface area contributed by atoms with Crippen LogP contribution in [0.1, 0.15) is 42.4 Å². The number of para-hydroxylation sites is 1. The van der Waals surface area contributed by atoms with E-state index in [1.807, 2.05) is 0 Å². The van der Waals surface area contributed by atoms with Crippen molar-refractivity contribution < 1.29 is 22.3 Å². The molecule has 0 spiro atoms. The lowest BCUT2D eigenvalue weighted by Crippen LogP contribution is -2.14. The van der Waals surface area contributed by atoms with Gasteiger partial charge < -0.3 is 10.1 Å². The van der Waals surface area contributed by atoms with Crippen molar-refractivity contribution in [3.8, 4) is 17.6 Å². The number of aromatic nitrogens is 4. The molecule has 2 aliphatic rings. The van der Waals surface area contributed by atoms with Crippen LogP contribution in [-0.2, 0) is 0 Å². The number of hydrogen-bond acceptors (Lipinski definition) is 5. The summed E-state index contributed by atoms with van der Waals surface area (Å²) in [6.45, 7) is 2.15. The molecule has 178 valence electrons. The topological polar surface area (TPSA) is 64.3 Å². The summed E-state index contributed by atoms with van der Waals surface area (Å²) in [4.78, 5) is 4.51. The maximum atomic E-state index is 15.2. The largest absolute Gasteiger partial charge is 0.481 e. The summed E-state index contributed by atoms with van der Waals surface area (Å²) in [5, 5.41) is 11.3. The van der Waals surface area contributed by atoms with Gasteiger partial charge in [0.2, 0.25) is 0 Å². The average Bonchev–Trinajstić information content (AvgIpc) is 3.60. The Morgan fingerprint density at radius 1 is 1.17 bits per heavy atom. The van der Waals surface area contributed by atoms with Crippen LogP contribution in [-0.4, -0.2) is 32.6 Å². The molecule has 4 aromatic rings. The Bertz CT molecular complexity index is 1550. The van der Waals surface area contributed by atoms with E-state index in [1.165, 1.54) is 6.07 Å².